The Balaban J connectivity index is 3.17. The van der Waals surface area contributed by atoms with Crippen LogP contribution in [0, 0.1) is 0 Å². The lowest BCUT2D eigenvalue weighted by Crippen LogP contribution is -2.20. The van der Waals surface area contributed by atoms with Crippen molar-refractivity contribution < 1.29 is 35.8 Å². The van der Waals surface area contributed by atoms with Gasteiger partial charge in [0.1, 0.15) is 17.1 Å². The zero-order valence-corrected chi connectivity index (χ0v) is 9.02. The fourth-order valence-corrected chi connectivity index (χ4v) is 1.20. The molecule has 0 fully saturated rings. The van der Waals surface area contributed by atoms with Crippen molar-refractivity contribution >= 4 is 0 Å². The van der Waals surface area contributed by atoms with Crippen LogP contribution in [0.25, 0.3) is 0 Å². The molecule has 0 saturated carbocycles. The minimum absolute atomic E-state index is 0.0940. The van der Waals surface area contributed by atoms with Crippen LogP contribution >= 0.6 is 0 Å². The van der Waals surface area contributed by atoms with E-state index in [-0.39, 0.29) is 12.4 Å². The van der Waals surface area contributed by atoms with Crippen LogP contribution in [0.1, 0.15) is 12.5 Å². The van der Waals surface area contributed by atoms with E-state index in [0.717, 1.165) is 6.07 Å². The summed E-state index contributed by atoms with van der Waals surface area (Å²) in [7, 11) is 0. The molecule has 0 atom stereocenters. The van der Waals surface area contributed by atoms with E-state index < -0.39 is 23.9 Å². The molecule has 0 bridgehead atoms. The number of hydrogen-bond donors (Lipinski definition) is 0. The first-order valence-electron chi connectivity index (χ1n) is 4.73. The third-order valence-electron chi connectivity index (χ3n) is 1.79. The first-order chi connectivity index (χ1) is 8.13. The van der Waals surface area contributed by atoms with Gasteiger partial charge in [0.15, 0.2) is 0 Å². The second-order valence-electron chi connectivity index (χ2n) is 3.14. The first-order valence-corrected chi connectivity index (χ1v) is 4.73. The summed E-state index contributed by atoms with van der Waals surface area (Å²) in [4.78, 5) is 0. The van der Waals surface area contributed by atoms with Crippen molar-refractivity contribution in [2.24, 2.45) is 0 Å². The maximum Gasteiger partial charge on any atom is 0.573 e. The second kappa shape index (κ2) is 4.95. The molecule has 0 spiro atoms. The molecular weight excluding hydrogens is 266 g/mol. The molecule has 0 radical (unpaired) electrons. The maximum atomic E-state index is 12.5. The Morgan fingerprint density at radius 3 is 2.11 bits per heavy atom. The van der Waals surface area contributed by atoms with Gasteiger partial charge < -0.3 is 9.47 Å². The molecule has 2 nitrogen and oxygen atoms in total. The van der Waals surface area contributed by atoms with Crippen molar-refractivity contribution in [1.82, 2.24) is 0 Å². The quantitative estimate of drug-likeness (QED) is 0.775. The van der Waals surface area contributed by atoms with Crippen molar-refractivity contribution in [2.45, 2.75) is 19.5 Å². The molecule has 0 saturated heterocycles. The van der Waals surface area contributed by atoms with Gasteiger partial charge in [0, 0.05) is 0 Å². The first kappa shape index (κ1) is 14.5. The fourth-order valence-electron chi connectivity index (χ4n) is 1.20. The average molecular weight is 274 g/mol. The largest absolute Gasteiger partial charge is 0.573 e. The van der Waals surface area contributed by atoms with E-state index in [9.17, 15) is 26.3 Å². The normalized spacial score (nSPS) is 12.4. The number of halogens is 6. The predicted octanol–water partition coefficient (Wildman–Crippen LogP) is 4.00. The highest BCUT2D eigenvalue weighted by molar-refractivity contribution is 5.42. The monoisotopic (exact) mass is 274 g/mol. The highest BCUT2D eigenvalue weighted by Crippen LogP contribution is 2.40. The third-order valence-corrected chi connectivity index (χ3v) is 1.79. The average Bonchev–Trinajstić information content (AvgIpc) is 2.17. The molecule has 0 aliphatic heterocycles. The summed E-state index contributed by atoms with van der Waals surface area (Å²) in [5.74, 6) is -1.49. The van der Waals surface area contributed by atoms with Crippen LogP contribution in [0.4, 0.5) is 26.3 Å². The van der Waals surface area contributed by atoms with Gasteiger partial charge in [0.2, 0.25) is 0 Å². The van der Waals surface area contributed by atoms with Gasteiger partial charge in [-0.1, -0.05) is 0 Å². The van der Waals surface area contributed by atoms with Crippen LogP contribution in [-0.4, -0.2) is 13.0 Å². The summed E-state index contributed by atoms with van der Waals surface area (Å²) in [6.07, 6.45) is -10.2. The lowest BCUT2D eigenvalue weighted by Gasteiger charge is -2.16. The Kier molecular flexibility index (Phi) is 3.98. The lowest BCUT2D eigenvalue weighted by atomic mass is 10.2. The molecule has 102 valence electrons. The highest BCUT2D eigenvalue weighted by Gasteiger charge is 2.39. The standard InChI is InChI=1S/C10H8F6O2/c1-2-17-6-3-4-8(18-10(14,15)16)7(5-6)9(11,12)13/h3-5H,2H2,1H3. The summed E-state index contributed by atoms with van der Waals surface area (Å²) < 4.78 is 81.5. The van der Waals surface area contributed by atoms with Crippen LogP contribution in [0.5, 0.6) is 11.5 Å². The van der Waals surface area contributed by atoms with Crippen LogP contribution in [0.2, 0.25) is 0 Å². The van der Waals surface area contributed by atoms with Gasteiger partial charge in [0.05, 0.1) is 6.61 Å². The van der Waals surface area contributed by atoms with E-state index >= 15 is 0 Å². The molecule has 0 amide bonds. The Labute approximate surface area is 98.1 Å². The summed E-state index contributed by atoms with van der Waals surface area (Å²) in [5, 5.41) is 0. The van der Waals surface area contributed by atoms with E-state index in [0.29, 0.717) is 12.1 Å². The zero-order chi connectivity index (χ0) is 14.0. The van der Waals surface area contributed by atoms with Crippen molar-refractivity contribution in [1.29, 1.82) is 0 Å². The third kappa shape index (κ3) is 4.01. The van der Waals surface area contributed by atoms with Gasteiger partial charge in [-0.05, 0) is 25.1 Å². The van der Waals surface area contributed by atoms with Gasteiger partial charge in [-0.2, -0.15) is 13.2 Å². The molecule has 0 aliphatic rings. The number of alkyl halides is 6. The summed E-state index contributed by atoms with van der Waals surface area (Å²) in [6, 6.07) is 2.01. The Morgan fingerprint density at radius 1 is 1.06 bits per heavy atom. The second-order valence-corrected chi connectivity index (χ2v) is 3.14. The number of rotatable bonds is 3. The Morgan fingerprint density at radius 2 is 1.67 bits per heavy atom. The maximum absolute atomic E-state index is 12.5. The van der Waals surface area contributed by atoms with E-state index in [1.807, 2.05) is 0 Å². The molecule has 0 unspecified atom stereocenters. The zero-order valence-electron chi connectivity index (χ0n) is 9.02. The van der Waals surface area contributed by atoms with Crippen LogP contribution in [0.15, 0.2) is 18.2 Å². The van der Waals surface area contributed by atoms with Crippen LogP contribution in [0.3, 0.4) is 0 Å². The lowest BCUT2D eigenvalue weighted by molar-refractivity contribution is -0.276. The molecule has 0 aromatic heterocycles. The van der Waals surface area contributed by atoms with Gasteiger partial charge >= 0.3 is 12.5 Å². The van der Waals surface area contributed by atoms with E-state index in [4.69, 9.17) is 4.74 Å². The molecular formula is C10H8F6O2. The summed E-state index contributed by atoms with van der Waals surface area (Å²) in [5.41, 5.74) is -1.54. The number of hydrogen-bond acceptors (Lipinski definition) is 2. The smallest absolute Gasteiger partial charge is 0.494 e. The molecule has 0 N–H and O–H groups in total. The summed E-state index contributed by atoms with van der Waals surface area (Å²) in [6.45, 7) is 1.63. The number of ether oxygens (including phenoxy) is 2. The molecule has 1 aromatic carbocycles. The van der Waals surface area contributed by atoms with E-state index in [1.54, 1.807) is 0 Å². The van der Waals surface area contributed by atoms with Gasteiger partial charge in [0.25, 0.3) is 0 Å². The van der Waals surface area contributed by atoms with Gasteiger partial charge in [-0.15, -0.1) is 13.2 Å². The Hall–Kier alpha value is -1.60. The van der Waals surface area contributed by atoms with E-state index in [2.05, 4.69) is 4.74 Å². The Bertz CT molecular complexity index is 410. The minimum atomic E-state index is -5.19. The van der Waals surface area contributed by atoms with Gasteiger partial charge in [-0.25, -0.2) is 0 Å². The molecule has 18 heavy (non-hydrogen) atoms. The van der Waals surface area contributed by atoms with Crippen LogP contribution in [-0.2, 0) is 6.18 Å². The molecule has 1 rings (SSSR count). The SMILES string of the molecule is CCOc1ccc(OC(F)(F)F)c(C(F)(F)F)c1. The van der Waals surface area contributed by atoms with Crippen molar-refractivity contribution in [3.05, 3.63) is 23.8 Å². The molecule has 8 heteroatoms. The topological polar surface area (TPSA) is 18.5 Å². The highest BCUT2D eigenvalue weighted by atomic mass is 19.4. The minimum Gasteiger partial charge on any atom is -0.494 e. The van der Waals surface area contributed by atoms with Crippen molar-refractivity contribution in [2.75, 3.05) is 6.61 Å². The van der Waals surface area contributed by atoms with Crippen molar-refractivity contribution in [3.63, 3.8) is 0 Å². The number of benzene rings is 1. The van der Waals surface area contributed by atoms with E-state index in [1.165, 1.54) is 6.92 Å². The van der Waals surface area contributed by atoms with Crippen LogP contribution < -0.4 is 9.47 Å². The molecule has 0 heterocycles. The summed E-state index contributed by atoms with van der Waals surface area (Å²) >= 11 is 0. The molecule has 0 aliphatic carbocycles. The molecule has 1 aromatic rings. The van der Waals surface area contributed by atoms with Gasteiger partial charge in [-0.3, -0.25) is 0 Å². The predicted molar refractivity (Wildman–Crippen MR) is 49.3 cm³/mol. The fraction of sp³-hybridized carbons (Fsp3) is 0.400. The van der Waals surface area contributed by atoms with Crippen molar-refractivity contribution in [3.8, 4) is 11.5 Å².